The molecule has 252 valence electrons. The molecule has 4 aromatic rings. The normalized spacial score (nSPS) is 18.4. The summed E-state index contributed by atoms with van der Waals surface area (Å²) in [7, 11) is 1.25. The minimum Gasteiger partial charge on any atom is -0.489 e. The third-order valence-corrected chi connectivity index (χ3v) is 8.57. The zero-order chi connectivity index (χ0) is 34.4. The summed E-state index contributed by atoms with van der Waals surface area (Å²) < 4.78 is 11.2. The number of nitrogens with zero attached hydrogens (tertiary/aromatic N) is 2. The first-order valence-electron chi connectivity index (χ1n) is 16.5. The number of esters is 1. The van der Waals surface area contributed by atoms with E-state index in [1.54, 1.807) is 23.4 Å². The van der Waals surface area contributed by atoms with E-state index in [1.807, 2.05) is 97.1 Å². The topological polar surface area (TPSA) is 115 Å². The lowest BCUT2D eigenvalue weighted by atomic mass is 9.90. The average Bonchev–Trinajstić information content (AvgIpc) is 3.14. The van der Waals surface area contributed by atoms with Gasteiger partial charge < -0.3 is 19.7 Å². The number of hydrogen-bond donors (Lipinski definition) is 1. The SMILES string of the molecule is COC(=O)[C@@H]1CCC(=O)N(CCc2ccccc2)C/C=C/COc2cc(-c3ccncc3)ccc2C(=O)C[C@H](Cc2ccccc2)C(=O)N1. The standard InChI is InChI=1S/C40H41N3O6/c1-48-40(47)35-16-17-38(45)43(24-20-29-10-4-2-5-11-29)23-8-9-25-49-37-28-32(31-18-21-41-22-19-31)14-15-34(37)36(44)27-33(39(46)42-35)26-30-12-6-3-7-13-30/h2-15,18-19,21-22,28,33,35H,16-17,20,23-27H2,1H3,(H,42,46)/b9-8+/t33-,35-/m0/s1. The first-order valence-corrected chi connectivity index (χ1v) is 16.5. The summed E-state index contributed by atoms with van der Waals surface area (Å²) in [6.45, 7) is 0.959. The van der Waals surface area contributed by atoms with Gasteiger partial charge in [0.2, 0.25) is 11.8 Å². The highest BCUT2D eigenvalue weighted by molar-refractivity contribution is 6.01. The van der Waals surface area contributed by atoms with Crippen molar-refractivity contribution in [1.82, 2.24) is 15.2 Å². The molecule has 1 aliphatic heterocycles. The quantitative estimate of drug-likeness (QED) is 0.202. The zero-order valence-electron chi connectivity index (χ0n) is 27.6. The van der Waals surface area contributed by atoms with Gasteiger partial charge >= 0.3 is 5.97 Å². The second-order valence-electron chi connectivity index (χ2n) is 11.9. The van der Waals surface area contributed by atoms with E-state index in [0.29, 0.717) is 30.8 Å². The molecule has 2 atom stereocenters. The van der Waals surface area contributed by atoms with Crippen LogP contribution >= 0.6 is 0 Å². The summed E-state index contributed by atoms with van der Waals surface area (Å²) in [6, 6.07) is 27.4. The second kappa shape index (κ2) is 17.5. The maximum atomic E-state index is 14.0. The first kappa shape index (κ1) is 34.8. The Morgan fingerprint density at radius 2 is 1.61 bits per heavy atom. The number of amides is 2. The summed E-state index contributed by atoms with van der Waals surface area (Å²) in [5.41, 5.74) is 4.08. The van der Waals surface area contributed by atoms with Gasteiger partial charge in [0.1, 0.15) is 18.4 Å². The van der Waals surface area contributed by atoms with E-state index < -0.39 is 23.8 Å². The molecule has 2 amide bonds. The van der Waals surface area contributed by atoms with E-state index in [4.69, 9.17) is 9.47 Å². The van der Waals surface area contributed by atoms with Crippen LogP contribution in [-0.2, 0) is 32.0 Å². The van der Waals surface area contributed by atoms with E-state index in [0.717, 1.165) is 22.3 Å². The maximum absolute atomic E-state index is 14.0. The smallest absolute Gasteiger partial charge is 0.328 e. The fourth-order valence-electron chi connectivity index (χ4n) is 5.83. The van der Waals surface area contributed by atoms with Crippen LogP contribution in [0.15, 0.2) is 116 Å². The van der Waals surface area contributed by atoms with Crippen LogP contribution in [0, 0.1) is 5.92 Å². The zero-order valence-corrected chi connectivity index (χ0v) is 27.6. The molecule has 3 aromatic carbocycles. The summed E-state index contributed by atoms with van der Waals surface area (Å²) in [4.78, 5) is 60.1. The lowest BCUT2D eigenvalue weighted by Crippen LogP contribution is -2.46. The summed E-state index contributed by atoms with van der Waals surface area (Å²) >= 11 is 0. The van der Waals surface area contributed by atoms with Gasteiger partial charge in [-0.3, -0.25) is 19.4 Å². The number of Topliss-reactive ketones (excluding diaryl/α,β-unsaturated/α-hetero) is 1. The highest BCUT2D eigenvalue weighted by atomic mass is 16.5. The van der Waals surface area contributed by atoms with Crippen molar-refractivity contribution in [3.63, 3.8) is 0 Å². The number of rotatable bonds is 7. The Kier molecular flexibility index (Phi) is 12.4. The lowest BCUT2D eigenvalue weighted by molar-refractivity contribution is -0.146. The Balaban J connectivity index is 1.47. The number of carbonyl (C=O) groups is 4. The summed E-state index contributed by atoms with van der Waals surface area (Å²) in [5, 5.41) is 2.81. The molecule has 0 unspecified atom stereocenters. The van der Waals surface area contributed by atoms with Gasteiger partial charge in [-0.15, -0.1) is 0 Å². The third kappa shape index (κ3) is 9.96. The van der Waals surface area contributed by atoms with Gasteiger partial charge in [0, 0.05) is 44.2 Å². The molecule has 0 aliphatic carbocycles. The number of hydrogen-bond acceptors (Lipinski definition) is 7. The van der Waals surface area contributed by atoms with E-state index >= 15 is 0 Å². The Morgan fingerprint density at radius 3 is 2.33 bits per heavy atom. The van der Waals surface area contributed by atoms with Crippen molar-refractivity contribution in [3.05, 3.63) is 132 Å². The number of nitrogens with one attached hydrogen (secondary N) is 1. The van der Waals surface area contributed by atoms with Crippen molar-refractivity contribution >= 4 is 23.6 Å². The molecular formula is C40H41N3O6. The number of ether oxygens (including phenoxy) is 2. The molecule has 1 aliphatic rings. The van der Waals surface area contributed by atoms with E-state index in [9.17, 15) is 19.2 Å². The van der Waals surface area contributed by atoms with Crippen LogP contribution in [0.2, 0.25) is 0 Å². The van der Waals surface area contributed by atoms with Gasteiger partial charge in [-0.2, -0.15) is 0 Å². The number of pyridine rings is 1. The molecule has 0 spiro atoms. The van der Waals surface area contributed by atoms with E-state index in [1.165, 1.54) is 7.11 Å². The van der Waals surface area contributed by atoms with Crippen molar-refractivity contribution in [1.29, 1.82) is 0 Å². The predicted molar refractivity (Wildman–Crippen MR) is 187 cm³/mol. The Hall–Kier alpha value is -5.57. The molecule has 0 radical (unpaired) electrons. The van der Waals surface area contributed by atoms with Crippen molar-refractivity contribution in [2.45, 2.75) is 38.1 Å². The Morgan fingerprint density at radius 1 is 0.898 bits per heavy atom. The minimum atomic E-state index is -1.06. The monoisotopic (exact) mass is 659 g/mol. The van der Waals surface area contributed by atoms with Gasteiger partial charge in [-0.1, -0.05) is 72.8 Å². The first-order chi connectivity index (χ1) is 23.9. The number of ketones is 1. The number of carbonyl (C=O) groups excluding carboxylic acids is 4. The second-order valence-corrected chi connectivity index (χ2v) is 11.9. The van der Waals surface area contributed by atoms with Gasteiger partial charge in [0.25, 0.3) is 0 Å². The molecule has 1 aromatic heterocycles. The summed E-state index contributed by atoms with van der Waals surface area (Å²) in [5.74, 6) is -1.96. The molecule has 9 heteroatoms. The van der Waals surface area contributed by atoms with Gasteiger partial charge in [-0.05, 0) is 71.9 Å². The fraction of sp³-hybridized carbons (Fsp3) is 0.275. The molecule has 9 nitrogen and oxygen atoms in total. The van der Waals surface area contributed by atoms with Crippen LogP contribution in [-0.4, -0.2) is 66.3 Å². The highest BCUT2D eigenvalue weighted by Gasteiger charge is 2.30. The molecule has 0 bridgehead atoms. The number of methoxy groups -OCH3 is 1. The molecule has 5 rings (SSSR count). The number of fused-ring (bicyclic) bond motifs is 1. The van der Waals surface area contributed by atoms with Crippen molar-refractivity contribution in [3.8, 4) is 16.9 Å². The van der Waals surface area contributed by atoms with Gasteiger partial charge in [0.05, 0.1) is 12.7 Å². The van der Waals surface area contributed by atoms with Crippen LogP contribution in [0.25, 0.3) is 11.1 Å². The van der Waals surface area contributed by atoms with Crippen LogP contribution in [0.3, 0.4) is 0 Å². The van der Waals surface area contributed by atoms with E-state index in [2.05, 4.69) is 10.3 Å². The lowest BCUT2D eigenvalue weighted by Gasteiger charge is -2.24. The van der Waals surface area contributed by atoms with Crippen LogP contribution < -0.4 is 10.1 Å². The highest BCUT2D eigenvalue weighted by Crippen LogP contribution is 2.30. The summed E-state index contributed by atoms with van der Waals surface area (Å²) in [6.07, 6.45) is 7.96. The van der Waals surface area contributed by atoms with E-state index in [-0.39, 0.29) is 44.0 Å². The Labute approximate surface area is 287 Å². The predicted octanol–water partition coefficient (Wildman–Crippen LogP) is 5.64. The number of aromatic nitrogens is 1. The Bertz CT molecular complexity index is 1740. The van der Waals surface area contributed by atoms with Crippen molar-refractivity contribution in [2.24, 2.45) is 5.92 Å². The number of benzene rings is 3. The van der Waals surface area contributed by atoms with Crippen LogP contribution in [0.5, 0.6) is 5.75 Å². The largest absolute Gasteiger partial charge is 0.489 e. The molecule has 49 heavy (non-hydrogen) atoms. The van der Waals surface area contributed by atoms with Crippen LogP contribution in [0.4, 0.5) is 0 Å². The molecule has 2 heterocycles. The molecular weight excluding hydrogens is 618 g/mol. The van der Waals surface area contributed by atoms with Gasteiger partial charge in [0.15, 0.2) is 5.78 Å². The molecule has 1 N–H and O–H groups in total. The van der Waals surface area contributed by atoms with Crippen LogP contribution in [0.1, 0.15) is 40.7 Å². The molecule has 0 fully saturated rings. The van der Waals surface area contributed by atoms with Crippen molar-refractivity contribution < 1.29 is 28.7 Å². The van der Waals surface area contributed by atoms with Gasteiger partial charge in [-0.25, -0.2) is 4.79 Å². The maximum Gasteiger partial charge on any atom is 0.328 e. The molecule has 0 saturated carbocycles. The third-order valence-electron chi connectivity index (χ3n) is 8.57. The van der Waals surface area contributed by atoms with Crippen molar-refractivity contribution in [2.75, 3.05) is 26.8 Å². The average molecular weight is 660 g/mol. The fourth-order valence-corrected chi connectivity index (χ4v) is 5.83. The minimum absolute atomic E-state index is 0.0185. The molecule has 0 saturated heterocycles.